The van der Waals surface area contributed by atoms with Gasteiger partial charge in [0.25, 0.3) is 0 Å². The second-order valence-electron chi connectivity index (χ2n) is 8.17. The highest BCUT2D eigenvalue weighted by Crippen LogP contribution is 2.58. The van der Waals surface area contributed by atoms with Crippen molar-refractivity contribution in [2.24, 2.45) is 0 Å². The van der Waals surface area contributed by atoms with Gasteiger partial charge >= 0.3 is 7.75 Å². The van der Waals surface area contributed by atoms with E-state index in [0.29, 0.717) is 13.0 Å². The van der Waals surface area contributed by atoms with E-state index in [0.717, 1.165) is 35.0 Å². The van der Waals surface area contributed by atoms with Crippen molar-refractivity contribution in [3.8, 4) is 0 Å². The van der Waals surface area contributed by atoms with Crippen molar-refractivity contribution in [2.75, 3.05) is 27.2 Å². The molecule has 154 valence electrons. The zero-order chi connectivity index (χ0) is 20.6. The quantitative estimate of drug-likeness (QED) is 0.519. The first-order chi connectivity index (χ1) is 13.9. The molecule has 3 aromatic rings. The zero-order valence-corrected chi connectivity index (χ0v) is 18.5. The van der Waals surface area contributed by atoms with Crippen LogP contribution in [-0.4, -0.2) is 36.5 Å². The van der Waals surface area contributed by atoms with E-state index in [1.54, 1.807) is 4.34 Å². The summed E-state index contributed by atoms with van der Waals surface area (Å²) < 4.78 is 27.5. The van der Waals surface area contributed by atoms with Crippen molar-refractivity contribution >= 4 is 18.6 Å². The molecule has 1 aliphatic rings. The molecule has 0 saturated carbocycles. The second kappa shape index (κ2) is 8.08. The Morgan fingerprint density at radius 1 is 1.10 bits per heavy atom. The number of aromatic nitrogens is 1. The second-order valence-corrected chi connectivity index (χ2v) is 10.0. The molecule has 4 rings (SSSR count). The highest BCUT2D eigenvalue weighted by molar-refractivity contribution is 7.52. The van der Waals surface area contributed by atoms with Crippen LogP contribution in [-0.2, 0) is 20.0 Å². The lowest BCUT2D eigenvalue weighted by Gasteiger charge is -2.30. The minimum Gasteiger partial charge on any atom is -0.309 e. The van der Waals surface area contributed by atoms with E-state index in [1.807, 2.05) is 18.3 Å². The smallest absolute Gasteiger partial charge is 0.309 e. The molecule has 2 aromatic carbocycles. The minimum absolute atomic E-state index is 0.233. The lowest BCUT2D eigenvalue weighted by atomic mass is 10.1. The summed E-state index contributed by atoms with van der Waals surface area (Å²) in [4.78, 5) is 2.15. The predicted molar refractivity (Wildman–Crippen MR) is 118 cm³/mol. The molecule has 1 aromatic heterocycles. The van der Waals surface area contributed by atoms with E-state index in [4.69, 9.17) is 9.05 Å². The average Bonchev–Trinajstić information content (AvgIpc) is 3.05. The van der Waals surface area contributed by atoms with Gasteiger partial charge in [0.05, 0.1) is 18.2 Å². The Hall–Kier alpha value is -1.91. The van der Waals surface area contributed by atoms with Crippen molar-refractivity contribution in [1.29, 1.82) is 0 Å². The number of likely N-dealkylation sites (N-methyl/N-ethyl adjacent to an activating group) is 1. The van der Waals surface area contributed by atoms with E-state index in [-0.39, 0.29) is 6.10 Å². The number of hydrogen-bond acceptors (Lipinski definition) is 4. The first kappa shape index (κ1) is 20.4. The summed E-state index contributed by atoms with van der Waals surface area (Å²) in [5, 5.41) is 1.12. The summed E-state index contributed by atoms with van der Waals surface area (Å²) in [6.45, 7) is 5.47. The molecule has 1 aliphatic heterocycles. The third kappa shape index (κ3) is 4.19. The lowest BCUT2D eigenvalue weighted by molar-refractivity contribution is 0.0771. The van der Waals surface area contributed by atoms with Crippen LogP contribution in [0.15, 0.2) is 48.7 Å². The van der Waals surface area contributed by atoms with E-state index >= 15 is 0 Å². The van der Waals surface area contributed by atoms with Gasteiger partial charge in [-0.15, -0.1) is 0 Å². The highest BCUT2D eigenvalue weighted by atomic mass is 31.2. The van der Waals surface area contributed by atoms with Crippen LogP contribution in [0.3, 0.4) is 0 Å². The predicted octanol–water partition coefficient (Wildman–Crippen LogP) is 5.50. The Morgan fingerprint density at radius 2 is 1.83 bits per heavy atom. The fraction of sp³-hybridized carbons (Fsp3) is 0.391. The molecule has 29 heavy (non-hydrogen) atoms. The van der Waals surface area contributed by atoms with E-state index in [9.17, 15) is 4.57 Å². The largest absolute Gasteiger partial charge is 0.439 e. The number of benzene rings is 2. The first-order valence-corrected chi connectivity index (χ1v) is 11.6. The Morgan fingerprint density at radius 3 is 2.55 bits per heavy atom. The van der Waals surface area contributed by atoms with Crippen LogP contribution in [0.25, 0.3) is 10.9 Å². The summed E-state index contributed by atoms with van der Waals surface area (Å²) in [7, 11) is 0.640. The average molecular weight is 412 g/mol. The van der Waals surface area contributed by atoms with Crippen molar-refractivity contribution in [3.05, 3.63) is 70.9 Å². The summed E-state index contributed by atoms with van der Waals surface area (Å²) in [5.41, 5.74) is 5.48. The Labute approximate surface area is 172 Å². The molecule has 0 aliphatic carbocycles. The molecular weight excluding hydrogens is 383 g/mol. The number of hydrogen-bond donors (Lipinski definition) is 0. The van der Waals surface area contributed by atoms with Crippen molar-refractivity contribution in [1.82, 2.24) is 9.24 Å². The number of fused-ring (bicyclic) bond motifs is 1. The molecule has 2 unspecified atom stereocenters. The van der Waals surface area contributed by atoms with Gasteiger partial charge in [-0.3, -0.25) is 13.4 Å². The standard InChI is InChI=1S/C23H29N2O3P/c1-17-5-8-19(9-6-17)23-12-14-27-29(26,28-23)25-16-20(11-13-24(3)4)21-15-18(2)7-10-22(21)25/h5-10,15-16,23H,11-14H2,1-4H3. The maximum atomic E-state index is 13.8. The molecule has 0 amide bonds. The van der Waals surface area contributed by atoms with Crippen LogP contribution in [0, 0.1) is 13.8 Å². The van der Waals surface area contributed by atoms with Crippen LogP contribution in [0.1, 0.15) is 34.8 Å². The number of aryl methyl sites for hydroxylation is 2. The van der Waals surface area contributed by atoms with Crippen LogP contribution < -0.4 is 0 Å². The summed E-state index contributed by atoms with van der Waals surface area (Å²) in [6.07, 6.45) is 3.30. The molecule has 0 radical (unpaired) electrons. The fourth-order valence-corrected chi connectivity index (χ4v) is 5.67. The van der Waals surface area contributed by atoms with E-state index < -0.39 is 7.75 Å². The molecule has 1 fully saturated rings. The monoisotopic (exact) mass is 412 g/mol. The third-order valence-corrected chi connectivity index (χ3v) is 7.35. The van der Waals surface area contributed by atoms with Crippen LogP contribution in [0.2, 0.25) is 0 Å². The molecule has 0 bridgehead atoms. The Kier molecular flexibility index (Phi) is 5.67. The van der Waals surface area contributed by atoms with Crippen molar-refractivity contribution in [3.63, 3.8) is 0 Å². The van der Waals surface area contributed by atoms with Gasteiger partial charge in [-0.1, -0.05) is 41.5 Å². The SMILES string of the molecule is Cc1ccc(C2CCOP(=O)(n3cc(CCN(C)C)c4cc(C)ccc43)O2)cc1. The Bertz CT molecular complexity index is 1060. The third-order valence-electron chi connectivity index (χ3n) is 5.46. The van der Waals surface area contributed by atoms with Gasteiger partial charge in [0.2, 0.25) is 0 Å². The number of rotatable bonds is 5. The summed E-state index contributed by atoms with van der Waals surface area (Å²) >= 11 is 0. The van der Waals surface area contributed by atoms with Crippen molar-refractivity contribution < 1.29 is 13.6 Å². The van der Waals surface area contributed by atoms with Gasteiger partial charge in [-0.25, -0.2) is 4.57 Å². The zero-order valence-electron chi connectivity index (χ0n) is 17.6. The normalized spacial score (nSPS) is 22.4. The van der Waals surface area contributed by atoms with Crippen molar-refractivity contribution in [2.45, 2.75) is 32.8 Å². The molecule has 0 spiro atoms. The van der Waals surface area contributed by atoms with Gasteiger partial charge in [0.15, 0.2) is 0 Å². The van der Waals surface area contributed by atoms with Gasteiger partial charge in [-0.2, -0.15) is 0 Å². The molecule has 2 atom stereocenters. The molecular formula is C23H29N2O3P. The van der Waals surface area contributed by atoms with Crippen LogP contribution in [0.4, 0.5) is 0 Å². The molecule has 6 heteroatoms. The molecule has 5 nitrogen and oxygen atoms in total. The lowest BCUT2D eigenvalue weighted by Crippen LogP contribution is -2.17. The minimum atomic E-state index is -3.48. The van der Waals surface area contributed by atoms with Gasteiger partial charge < -0.3 is 4.90 Å². The fourth-order valence-electron chi connectivity index (χ4n) is 3.78. The van der Waals surface area contributed by atoms with Gasteiger partial charge in [-0.05, 0) is 57.6 Å². The molecule has 2 heterocycles. The summed E-state index contributed by atoms with van der Waals surface area (Å²) in [6, 6.07) is 14.4. The van der Waals surface area contributed by atoms with E-state index in [2.05, 4.69) is 63.2 Å². The summed E-state index contributed by atoms with van der Waals surface area (Å²) in [5.74, 6) is 0. The van der Waals surface area contributed by atoms with Gasteiger partial charge in [0, 0.05) is 24.5 Å². The van der Waals surface area contributed by atoms with E-state index in [1.165, 1.54) is 11.1 Å². The first-order valence-electron chi connectivity index (χ1n) is 10.1. The maximum absolute atomic E-state index is 13.8. The number of nitrogens with zero attached hydrogens (tertiary/aromatic N) is 2. The Balaban J connectivity index is 1.72. The molecule has 0 N–H and O–H groups in total. The van der Waals surface area contributed by atoms with Gasteiger partial charge in [0.1, 0.15) is 0 Å². The van der Waals surface area contributed by atoms with Crippen LogP contribution >= 0.6 is 7.75 Å². The van der Waals surface area contributed by atoms with Crippen LogP contribution in [0.5, 0.6) is 0 Å². The topological polar surface area (TPSA) is 43.7 Å². The highest BCUT2D eigenvalue weighted by Gasteiger charge is 2.37. The molecule has 1 saturated heterocycles. The maximum Gasteiger partial charge on any atom is 0.439 e.